The van der Waals surface area contributed by atoms with Crippen LogP contribution in [0.4, 0.5) is 23.6 Å². The van der Waals surface area contributed by atoms with Crippen molar-refractivity contribution in [2.24, 2.45) is 0 Å². The Morgan fingerprint density at radius 2 is 2.08 bits per heavy atom. The number of amides is 1. The van der Waals surface area contributed by atoms with Gasteiger partial charge in [0.1, 0.15) is 5.75 Å². The highest BCUT2D eigenvalue weighted by Crippen LogP contribution is 2.40. The molecule has 136 valence electrons. The number of ether oxygens (including phenoxy) is 1. The molecule has 0 spiro atoms. The van der Waals surface area contributed by atoms with Crippen molar-refractivity contribution in [1.82, 2.24) is 10.2 Å². The number of aryl methyl sites for hydroxylation is 1. The summed E-state index contributed by atoms with van der Waals surface area (Å²) in [5.74, 6) is -1.12. The van der Waals surface area contributed by atoms with Gasteiger partial charge in [0.05, 0.1) is 15.5 Å². The van der Waals surface area contributed by atoms with E-state index in [0.29, 0.717) is 0 Å². The lowest BCUT2D eigenvalue weighted by Gasteiger charge is -2.19. The SMILES string of the molecule is CSc1c(OC(F)(F)C(F)F)ccc(C(=O)Nc2nnc(C)o2)c1Cl. The molecule has 0 aliphatic heterocycles. The van der Waals surface area contributed by atoms with Crippen LogP contribution in [-0.2, 0) is 0 Å². The molecule has 2 aromatic rings. The summed E-state index contributed by atoms with van der Waals surface area (Å²) in [7, 11) is 0. The van der Waals surface area contributed by atoms with E-state index in [2.05, 4.69) is 20.3 Å². The average molecular weight is 400 g/mol. The van der Waals surface area contributed by atoms with Crippen molar-refractivity contribution in [3.63, 3.8) is 0 Å². The van der Waals surface area contributed by atoms with Gasteiger partial charge in [0.2, 0.25) is 5.89 Å². The highest BCUT2D eigenvalue weighted by molar-refractivity contribution is 7.98. The number of halogens is 5. The number of nitrogens with one attached hydrogen (secondary N) is 1. The van der Waals surface area contributed by atoms with Gasteiger partial charge in [-0.2, -0.15) is 17.6 Å². The van der Waals surface area contributed by atoms with Gasteiger partial charge in [-0.15, -0.1) is 16.9 Å². The van der Waals surface area contributed by atoms with Gasteiger partial charge in [-0.05, 0) is 18.4 Å². The van der Waals surface area contributed by atoms with E-state index in [1.165, 1.54) is 13.2 Å². The number of benzene rings is 1. The van der Waals surface area contributed by atoms with E-state index in [1.54, 1.807) is 0 Å². The number of nitrogens with zero attached hydrogens (tertiary/aromatic N) is 2. The third-order valence-corrected chi connectivity index (χ3v) is 4.07. The maximum Gasteiger partial charge on any atom is 0.461 e. The molecule has 12 heteroatoms. The molecule has 25 heavy (non-hydrogen) atoms. The minimum Gasteiger partial charge on any atom is -0.427 e. The lowest BCUT2D eigenvalue weighted by atomic mass is 10.2. The first-order valence-electron chi connectivity index (χ1n) is 6.48. The van der Waals surface area contributed by atoms with Gasteiger partial charge in [-0.25, -0.2) is 0 Å². The molecule has 1 heterocycles. The summed E-state index contributed by atoms with van der Waals surface area (Å²) in [5, 5.41) is 9.11. The Kier molecular flexibility index (Phi) is 5.78. The van der Waals surface area contributed by atoms with Gasteiger partial charge in [0, 0.05) is 6.92 Å². The molecule has 0 fully saturated rings. The van der Waals surface area contributed by atoms with Crippen molar-refractivity contribution in [1.29, 1.82) is 0 Å². The minimum atomic E-state index is -4.70. The summed E-state index contributed by atoms with van der Waals surface area (Å²) in [6.45, 7) is 1.51. The van der Waals surface area contributed by atoms with Gasteiger partial charge in [-0.3, -0.25) is 10.1 Å². The van der Waals surface area contributed by atoms with Crippen molar-refractivity contribution in [3.05, 3.63) is 28.6 Å². The minimum absolute atomic E-state index is 0.101. The van der Waals surface area contributed by atoms with Crippen LogP contribution in [0.5, 0.6) is 5.75 Å². The molecule has 1 amide bonds. The molecule has 6 nitrogen and oxygen atoms in total. The van der Waals surface area contributed by atoms with E-state index in [9.17, 15) is 22.4 Å². The Morgan fingerprint density at radius 3 is 2.60 bits per heavy atom. The lowest BCUT2D eigenvalue weighted by molar-refractivity contribution is -0.254. The maximum atomic E-state index is 13.1. The van der Waals surface area contributed by atoms with Crippen molar-refractivity contribution in [2.45, 2.75) is 24.4 Å². The predicted molar refractivity (Wildman–Crippen MR) is 81.8 cm³/mol. The highest BCUT2D eigenvalue weighted by atomic mass is 35.5. The van der Waals surface area contributed by atoms with Crippen molar-refractivity contribution in [3.8, 4) is 5.75 Å². The predicted octanol–water partition coefficient (Wildman–Crippen LogP) is 4.24. The van der Waals surface area contributed by atoms with E-state index < -0.39 is 24.2 Å². The van der Waals surface area contributed by atoms with E-state index in [4.69, 9.17) is 16.0 Å². The van der Waals surface area contributed by atoms with Crippen LogP contribution in [-0.4, -0.2) is 34.9 Å². The van der Waals surface area contributed by atoms with Gasteiger partial charge >= 0.3 is 18.5 Å². The second-order valence-corrected chi connectivity index (χ2v) is 5.70. The average Bonchev–Trinajstić information content (AvgIpc) is 2.92. The second kappa shape index (κ2) is 7.48. The number of anilines is 1. The van der Waals surface area contributed by atoms with Crippen molar-refractivity contribution < 1.29 is 31.5 Å². The van der Waals surface area contributed by atoms with E-state index in [1.807, 2.05) is 0 Å². The van der Waals surface area contributed by atoms with Gasteiger partial charge < -0.3 is 9.15 Å². The summed E-state index contributed by atoms with van der Waals surface area (Å²) in [6.07, 6.45) is -7.26. The number of rotatable bonds is 6. The van der Waals surface area contributed by atoms with Crippen LogP contribution in [0.15, 0.2) is 21.4 Å². The fourth-order valence-corrected chi connectivity index (χ4v) is 2.76. The second-order valence-electron chi connectivity index (χ2n) is 4.50. The summed E-state index contributed by atoms with van der Waals surface area (Å²) >= 11 is 6.88. The van der Waals surface area contributed by atoms with Crippen molar-refractivity contribution in [2.75, 3.05) is 11.6 Å². The lowest BCUT2D eigenvalue weighted by Crippen LogP contribution is -2.33. The monoisotopic (exact) mass is 399 g/mol. The zero-order chi connectivity index (χ0) is 18.8. The number of aromatic nitrogens is 2. The molecule has 2 rings (SSSR count). The fraction of sp³-hybridized carbons (Fsp3) is 0.308. The molecule has 1 N–H and O–H groups in total. The number of hydrogen-bond donors (Lipinski definition) is 1. The molecule has 0 radical (unpaired) electrons. The Labute approximate surface area is 147 Å². The van der Waals surface area contributed by atoms with Crippen LogP contribution < -0.4 is 10.1 Å². The van der Waals surface area contributed by atoms with Crippen LogP contribution in [0.1, 0.15) is 16.2 Å². The number of alkyl halides is 4. The number of carbonyl (C=O) groups is 1. The Hall–Kier alpha value is -2.01. The number of carbonyl (C=O) groups excluding carboxylic acids is 1. The number of thioether (sulfide) groups is 1. The molecule has 0 aliphatic rings. The van der Waals surface area contributed by atoms with E-state index in [-0.39, 0.29) is 27.4 Å². The van der Waals surface area contributed by atoms with Gasteiger partial charge in [0.25, 0.3) is 5.91 Å². The van der Waals surface area contributed by atoms with Crippen LogP contribution in [0.3, 0.4) is 0 Å². The standard InChI is InChI=1S/C13H10ClF4N3O3S/c1-5-20-21-12(23-5)19-10(22)6-3-4-7(9(25-2)8(6)14)24-13(17,18)11(15)16/h3-4,11H,1-2H3,(H,19,21,22). The van der Waals surface area contributed by atoms with Crippen LogP contribution in [0.2, 0.25) is 5.02 Å². The third-order valence-electron chi connectivity index (χ3n) is 2.76. The molecule has 1 aromatic carbocycles. The summed E-state index contributed by atoms with van der Waals surface area (Å²) in [5.41, 5.74) is -0.116. The van der Waals surface area contributed by atoms with Crippen LogP contribution in [0.25, 0.3) is 0 Å². The first-order valence-corrected chi connectivity index (χ1v) is 8.09. The van der Waals surface area contributed by atoms with Gasteiger partial charge in [-0.1, -0.05) is 16.7 Å². The molecular formula is C13H10ClF4N3O3S. The Morgan fingerprint density at radius 1 is 1.40 bits per heavy atom. The van der Waals surface area contributed by atoms with E-state index in [0.717, 1.165) is 23.9 Å². The molecule has 0 saturated carbocycles. The highest BCUT2D eigenvalue weighted by Gasteiger charge is 2.44. The van der Waals surface area contributed by atoms with Gasteiger partial charge in [0.15, 0.2) is 0 Å². The normalized spacial score (nSPS) is 11.7. The molecule has 1 aromatic heterocycles. The molecule has 0 saturated heterocycles. The Bertz CT molecular complexity index is 788. The van der Waals surface area contributed by atoms with E-state index >= 15 is 0 Å². The first kappa shape index (κ1) is 19.3. The number of hydrogen-bond acceptors (Lipinski definition) is 6. The van der Waals surface area contributed by atoms with Crippen LogP contribution in [0, 0.1) is 6.92 Å². The smallest absolute Gasteiger partial charge is 0.427 e. The quantitative estimate of drug-likeness (QED) is 0.578. The zero-order valence-electron chi connectivity index (χ0n) is 12.6. The summed E-state index contributed by atoms with van der Waals surface area (Å²) in [4.78, 5) is 12.1. The van der Waals surface area contributed by atoms with Crippen molar-refractivity contribution >= 4 is 35.3 Å². The summed E-state index contributed by atoms with van der Waals surface area (Å²) < 4.78 is 59.8. The molecule has 0 unspecified atom stereocenters. The molecular weight excluding hydrogens is 390 g/mol. The topological polar surface area (TPSA) is 77.2 Å². The summed E-state index contributed by atoms with van der Waals surface area (Å²) in [6, 6.07) is 1.81. The van der Waals surface area contributed by atoms with Crippen LogP contribution >= 0.6 is 23.4 Å². The first-order chi connectivity index (χ1) is 11.7. The molecule has 0 aliphatic carbocycles. The largest absolute Gasteiger partial charge is 0.461 e. The fourth-order valence-electron chi connectivity index (χ4n) is 1.69. The third kappa shape index (κ3) is 4.34. The molecule has 0 bridgehead atoms. The Balaban J connectivity index is 2.31. The zero-order valence-corrected chi connectivity index (χ0v) is 14.2. The maximum absolute atomic E-state index is 13.1. The molecule has 0 atom stereocenters.